The first-order valence-corrected chi connectivity index (χ1v) is 10.7. The molecule has 3 atom stereocenters. The molecule has 0 saturated heterocycles. The van der Waals surface area contributed by atoms with Crippen molar-refractivity contribution in [1.29, 1.82) is 0 Å². The lowest BCUT2D eigenvalue weighted by Crippen LogP contribution is -2.58. The van der Waals surface area contributed by atoms with Gasteiger partial charge in [-0.1, -0.05) is 6.07 Å². The van der Waals surface area contributed by atoms with E-state index in [4.69, 9.17) is 17.3 Å². The summed E-state index contributed by atoms with van der Waals surface area (Å²) >= 11 is 5.78. The third kappa shape index (κ3) is 2.88. The van der Waals surface area contributed by atoms with Crippen molar-refractivity contribution in [2.75, 3.05) is 0 Å². The number of phenols is 1. The molecular weight excluding hydrogens is 466 g/mol. The number of aliphatic hydroxyl groups excluding tert-OH is 2. The number of rotatable bonds is 2. The molecule has 0 spiro atoms. The van der Waals surface area contributed by atoms with Crippen LogP contribution in [0.3, 0.4) is 0 Å². The van der Waals surface area contributed by atoms with Crippen LogP contribution in [0.2, 0.25) is 5.28 Å². The van der Waals surface area contributed by atoms with Gasteiger partial charge < -0.3 is 26.2 Å². The Labute approximate surface area is 197 Å². The van der Waals surface area contributed by atoms with Crippen molar-refractivity contribution in [2.45, 2.75) is 24.9 Å². The molecule has 1 heterocycles. The number of fused-ring (bicyclic) bond motifs is 3. The summed E-state index contributed by atoms with van der Waals surface area (Å²) in [6.45, 7) is 0. The summed E-state index contributed by atoms with van der Waals surface area (Å²) < 4.78 is 0. The van der Waals surface area contributed by atoms with E-state index >= 15 is 0 Å². The Morgan fingerprint density at radius 1 is 1.12 bits per heavy atom. The number of Topliss-reactive ketones (excluding diaryl/α,β-unsaturated/α-hetero) is 2. The van der Waals surface area contributed by atoms with Crippen LogP contribution in [0, 0.1) is 11.8 Å². The van der Waals surface area contributed by atoms with Crippen LogP contribution in [0.15, 0.2) is 41.4 Å². The highest BCUT2D eigenvalue weighted by Crippen LogP contribution is 2.52. The number of aliphatic hydroxyl groups is 3. The number of phenolic OH excluding ortho intramolecular Hbond substituents is 1. The summed E-state index contributed by atoms with van der Waals surface area (Å²) in [5, 5.41) is 43.5. The fraction of sp³-hybridized carbons (Fsp3) is 0.261. The lowest BCUT2D eigenvalue weighted by atomic mass is 9.59. The SMILES string of the molecule is NC(=O)C1=C(O)C2(O)C(=O)C3=C(O)c4c(O)ccc(-c5cnc(Cl)nc5)c4CC3CC2CC1=O. The first-order valence-electron chi connectivity index (χ1n) is 10.4. The van der Waals surface area contributed by atoms with Crippen molar-refractivity contribution in [2.24, 2.45) is 17.6 Å². The van der Waals surface area contributed by atoms with Crippen LogP contribution in [0.4, 0.5) is 0 Å². The first-order chi connectivity index (χ1) is 16.1. The quantitative estimate of drug-likeness (QED) is 0.312. The van der Waals surface area contributed by atoms with Crippen molar-refractivity contribution in [3.8, 4) is 16.9 Å². The van der Waals surface area contributed by atoms with E-state index in [0.717, 1.165) is 0 Å². The minimum Gasteiger partial charge on any atom is -0.508 e. The van der Waals surface area contributed by atoms with Gasteiger partial charge in [0.05, 0.1) is 5.56 Å². The predicted molar refractivity (Wildman–Crippen MR) is 117 cm³/mol. The average Bonchev–Trinajstić information content (AvgIpc) is 2.77. The van der Waals surface area contributed by atoms with E-state index in [2.05, 4.69) is 9.97 Å². The molecule has 2 aromatic rings. The molecule has 10 nitrogen and oxygen atoms in total. The number of nitrogens with zero attached hydrogens (tertiary/aromatic N) is 2. The molecular formula is C23H18ClN3O7. The molecule has 3 unspecified atom stereocenters. The second-order valence-corrected chi connectivity index (χ2v) is 8.97. The van der Waals surface area contributed by atoms with Crippen LogP contribution in [-0.2, 0) is 20.8 Å². The van der Waals surface area contributed by atoms with Crippen molar-refractivity contribution < 1.29 is 34.8 Å². The zero-order valence-electron chi connectivity index (χ0n) is 17.4. The maximum Gasteiger partial charge on any atom is 0.255 e. The standard InChI is InChI=1S/C23H18ClN3O7/c24-22-26-6-9(7-27-22)11-1-2-13(28)16-12(11)4-8-3-10-5-14(29)17(21(25)33)20(32)23(10,34)19(31)15(8)18(16)30/h1-2,6-8,10,28,30,32,34H,3-5H2,(H2,25,33). The number of halogens is 1. The van der Waals surface area contributed by atoms with Crippen LogP contribution in [0.1, 0.15) is 24.0 Å². The van der Waals surface area contributed by atoms with Crippen LogP contribution >= 0.6 is 11.6 Å². The molecule has 11 heteroatoms. The molecule has 1 aromatic heterocycles. The number of primary amides is 1. The van der Waals surface area contributed by atoms with Crippen molar-refractivity contribution in [1.82, 2.24) is 9.97 Å². The van der Waals surface area contributed by atoms with E-state index < -0.39 is 52.0 Å². The number of benzene rings is 1. The topological polar surface area (TPSA) is 184 Å². The number of nitrogens with two attached hydrogens (primary N) is 1. The van der Waals surface area contributed by atoms with Gasteiger partial charge in [-0.2, -0.15) is 0 Å². The largest absolute Gasteiger partial charge is 0.508 e. The minimum absolute atomic E-state index is 0.000389. The highest BCUT2D eigenvalue weighted by molar-refractivity contribution is 6.28. The summed E-state index contributed by atoms with van der Waals surface area (Å²) in [6.07, 6.45) is 2.82. The lowest BCUT2D eigenvalue weighted by Gasteiger charge is -2.46. The van der Waals surface area contributed by atoms with Gasteiger partial charge in [0.1, 0.15) is 22.8 Å². The summed E-state index contributed by atoms with van der Waals surface area (Å²) in [7, 11) is 0. The second kappa shape index (κ2) is 7.37. The third-order valence-corrected chi connectivity index (χ3v) is 7.07. The van der Waals surface area contributed by atoms with Crippen LogP contribution in [0.25, 0.3) is 16.9 Å². The average molecular weight is 484 g/mol. The Morgan fingerprint density at radius 2 is 1.79 bits per heavy atom. The molecule has 0 radical (unpaired) electrons. The van der Waals surface area contributed by atoms with Crippen molar-refractivity contribution in [3.05, 3.63) is 57.8 Å². The number of aromatic nitrogens is 2. The van der Waals surface area contributed by atoms with E-state index in [0.29, 0.717) is 16.7 Å². The maximum absolute atomic E-state index is 13.5. The number of hydrogen-bond donors (Lipinski definition) is 5. The second-order valence-electron chi connectivity index (χ2n) is 8.63. The monoisotopic (exact) mass is 483 g/mol. The van der Waals surface area contributed by atoms with Gasteiger partial charge in [0, 0.05) is 35.9 Å². The van der Waals surface area contributed by atoms with Gasteiger partial charge >= 0.3 is 0 Å². The summed E-state index contributed by atoms with van der Waals surface area (Å²) in [5.74, 6) is -6.68. The van der Waals surface area contributed by atoms with Crippen molar-refractivity contribution >= 4 is 34.8 Å². The Hall–Kier alpha value is -3.76. The normalized spacial score (nSPS) is 26.2. The highest BCUT2D eigenvalue weighted by Gasteiger charge is 2.60. The highest BCUT2D eigenvalue weighted by atomic mass is 35.5. The number of ketones is 2. The van der Waals surface area contributed by atoms with Crippen LogP contribution in [0.5, 0.6) is 5.75 Å². The van der Waals surface area contributed by atoms with Gasteiger partial charge in [0.2, 0.25) is 11.1 Å². The molecule has 3 aliphatic rings. The zero-order valence-corrected chi connectivity index (χ0v) is 18.2. The smallest absolute Gasteiger partial charge is 0.255 e. The molecule has 1 saturated carbocycles. The Morgan fingerprint density at radius 3 is 2.44 bits per heavy atom. The van der Waals surface area contributed by atoms with Crippen LogP contribution < -0.4 is 5.73 Å². The molecule has 0 bridgehead atoms. The van der Waals surface area contributed by atoms with E-state index in [1.807, 2.05) is 0 Å². The lowest BCUT2D eigenvalue weighted by molar-refractivity contribution is -0.147. The van der Waals surface area contributed by atoms with Crippen LogP contribution in [-0.4, -0.2) is 53.5 Å². The molecule has 0 aliphatic heterocycles. The molecule has 5 rings (SSSR count). The number of carbonyl (C=O) groups excluding carboxylic acids is 3. The zero-order chi connectivity index (χ0) is 24.5. The Kier molecular flexibility index (Phi) is 4.78. The first kappa shape index (κ1) is 22.1. The number of amides is 1. The molecule has 174 valence electrons. The third-order valence-electron chi connectivity index (χ3n) is 6.88. The molecule has 1 fully saturated rings. The Bertz CT molecular complexity index is 1370. The number of aromatic hydroxyl groups is 1. The number of carbonyl (C=O) groups is 3. The molecule has 1 amide bonds. The van der Waals surface area contributed by atoms with Crippen molar-refractivity contribution in [3.63, 3.8) is 0 Å². The summed E-state index contributed by atoms with van der Waals surface area (Å²) in [6, 6.07) is 2.96. The van der Waals surface area contributed by atoms with Gasteiger partial charge in [0.25, 0.3) is 5.91 Å². The van der Waals surface area contributed by atoms with Gasteiger partial charge in [-0.25, -0.2) is 9.97 Å². The Balaban J connectivity index is 1.70. The van der Waals surface area contributed by atoms with E-state index in [9.17, 15) is 34.8 Å². The molecule has 34 heavy (non-hydrogen) atoms. The maximum atomic E-state index is 13.5. The van der Waals surface area contributed by atoms with Gasteiger partial charge in [-0.3, -0.25) is 14.4 Å². The summed E-state index contributed by atoms with van der Waals surface area (Å²) in [4.78, 5) is 45.5. The van der Waals surface area contributed by atoms with E-state index in [-0.39, 0.29) is 41.4 Å². The predicted octanol–water partition coefficient (Wildman–Crippen LogP) is 1.53. The van der Waals surface area contributed by atoms with Gasteiger partial charge in [-0.15, -0.1) is 0 Å². The fourth-order valence-electron chi connectivity index (χ4n) is 5.34. The van der Waals surface area contributed by atoms with Gasteiger partial charge in [-0.05, 0) is 47.6 Å². The van der Waals surface area contributed by atoms with Gasteiger partial charge in [0.15, 0.2) is 11.4 Å². The fourth-order valence-corrected chi connectivity index (χ4v) is 5.44. The molecule has 1 aromatic carbocycles. The van der Waals surface area contributed by atoms with E-state index in [1.54, 1.807) is 6.07 Å². The minimum atomic E-state index is -2.59. The number of hydrogen-bond acceptors (Lipinski definition) is 9. The molecule has 6 N–H and O–H groups in total. The van der Waals surface area contributed by atoms with E-state index in [1.165, 1.54) is 18.5 Å². The molecule has 3 aliphatic carbocycles. The summed E-state index contributed by atoms with van der Waals surface area (Å²) in [5.41, 5.74) is 3.26.